The third-order valence-electron chi connectivity index (χ3n) is 4.42. The summed E-state index contributed by atoms with van der Waals surface area (Å²) in [6.07, 6.45) is 3.14. The van der Waals surface area contributed by atoms with Crippen molar-refractivity contribution >= 4 is 27.3 Å². The molecule has 0 aliphatic heterocycles. The summed E-state index contributed by atoms with van der Waals surface area (Å²) in [4.78, 5) is 12.4. The maximum Gasteiger partial charge on any atom is 0.251 e. The van der Waals surface area contributed by atoms with E-state index in [2.05, 4.69) is 17.4 Å². The third kappa shape index (κ3) is 3.47. The maximum atomic E-state index is 12.4. The minimum Gasteiger partial charge on any atom is -0.351 e. The van der Waals surface area contributed by atoms with Gasteiger partial charge in [-0.3, -0.25) is 4.79 Å². The molecule has 1 fully saturated rings. The molecule has 4 nitrogen and oxygen atoms in total. The van der Waals surface area contributed by atoms with Crippen molar-refractivity contribution in [3.05, 3.63) is 64.7 Å². The van der Waals surface area contributed by atoms with Crippen molar-refractivity contribution in [1.29, 1.82) is 0 Å². The van der Waals surface area contributed by atoms with Crippen LogP contribution >= 0.6 is 11.6 Å². The number of rotatable bonds is 5. The second kappa shape index (κ2) is 6.22. The zero-order valence-corrected chi connectivity index (χ0v) is 14.8. The van der Waals surface area contributed by atoms with Crippen molar-refractivity contribution in [2.24, 2.45) is 0 Å². The minimum atomic E-state index is -3.48. The zero-order chi connectivity index (χ0) is 17.4. The van der Waals surface area contributed by atoms with Crippen LogP contribution in [0.2, 0.25) is 5.02 Å². The van der Waals surface area contributed by atoms with Gasteiger partial charge >= 0.3 is 0 Å². The smallest absolute Gasteiger partial charge is 0.251 e. The Morgan fingerprint density at radius 3 is 2.42 bits per heavy atom. The predicted octanol–water partition coefficient (Wildman–Crippen LogP) is 3.21. The molecule has 0 heterocycles. The van der Waals surface area contributed by atoms with Gasteiger partial charge in [-0.25, -0.2) is 8.42 Å². The van der Waals surface area contributed by atoms with Crippen LogP contribution in [0.15, 0.2) is 53.4 Å². The first-order valence-electron chi connectivity index (χ1n) is 7.65. The molecule has 0 atom stereocenters. The number of hydrogen-bond acceptors (Lipinski definition) is 3. The predicted molar refractivity (Wildman–Crippen MR) is 94.2 cm³/mol. The SMILES string of the molecule is CS(=O)(=O)c1cc(C(=O)NCC2(c3ccccc3)CC2)ccc1Cl. The molecule has 126 valence electrons. The van der Waals surface area contributed by atoms with Crippen LogP contribution in [0.3, 0.4) is 0 Å². The summed E-state index contributed by atoms with van der Waals surface area (Å²) in [5.41, 5.74) is 1.52. The van der Waals surface area contributed by atoms with Gasteiger partial charge in [0, 0.05) is 23.8 Å². The number of carbonyl (C=O) groups excluding carboxylic acids is 1. The van der Waals surface area contributed by atoms with Gasteiger partial charge in [-0.05, 0) is 36.6 Å². The van der Waals surface area contributed by atoms with Gasteiger partial charge in [0.2, 0.25) is 0 Å². The average molecular weight is 364 g/mol. The first-order chi connectivity index (χ1) is 11.3. The highest BCUT2D eigenvalue weighted by atomic mass is 35.5. The van der Waals surface area contributed by atoms with Gasteiger partial charge in [-0.15, -0.1) is 0 Å². The normalized spacial score (nSPS) is 15.8. The number of carbonyl (C=O) groups is 1. The molecule has 0 bridgehead atoms. The van der Waals surface area contributed by atoms with E-state index in [0.717, 1.165) is 19.1 Å². The number of amides is 1. The van der Waals surface area contributed by atoms with E-state index < -0.39 is 9.84 Å². The van der Waals surface area contributed by atoms with Gasteiger partial charge in [0.1, 0.15) is 0 Å². The Balaban J connectivity index is 1.75. The standard InChI is InChI=1S/C18H18ClNO3S/c1-24(22,23)16-11-13(7-8-15(16)19)17(21)20-12-18(9-10-18)14-5-3-2-4-6-14/h2-8,11H,9-10,12H2,1H3,(H,20,21). The summed E-state index contributed by atoms with van der Waals surface area (Å²) in [5, 5.41) is 3.04. The number of benzene rings is 2. The molecular weight excluding hydrogens is 346 g/mol. The monoisotopic (exact) mass is 363 g/mol. The molecule has 1 amide bonds. The number of halogens is 1. The molecule has 1 aliphatic carbocycles. The van der Waals surface area contributed by atoms with Crippen molar-refractivity contribution < 1.29 is 13.2 Å². The second-order valence-electron chi connectivity index (χ2n) is 6.25. The minimum absolute atomic E-state index is 0.00298. The summed E-state index contributed by atoms with van der Waals surface area (Å²) in [5.74, 6) is -0.293. The Hall–Kier alpha value is -1.85. The quantitative estimate of drug-likeness (QED) is 0.887. The van der Waals surface area contributed by atoms with Crippen LogP contribution in [0.1, 0.15) is 28.8 Å². The lowest BCUT2D eigenvalue weighted by Crippen LogP contribution is -2.32. The molecule has 0 spiro atoms. The number of hydrogen-bond donors (Lipinski definition) is 1. The highest BCUT2D eigenvalue weighted by Gasteiger charge is 2.44. The van der Waals surface area contributed by atoms with Crippen molar-refractivity contribution in [2.45, 2.75) is 23.2 Å². The van der Waals surface area contributed by atoms with Crippen molar-refractivity contribution in [3.8, 4) is 0 Å². The third-order valence-corrected chi connectivity index (χ3v) is 6.00. The van der Waals surface area contributed by atoms with Crippen LogP contribution < -0.4 is 5.32 Å². The van der Waals surface area contributed by atoms with Gasteiger partial charge in [0.05, 0.1) is 9.92 Å². The molecule has 0 radical (unpaired) electrons. The first kappa shape index (κ1) is 17.0. The van der Waals surface area contributed by atoms with Crippen molar-refractivity contribution in [3.63, 3.8) is 0 Å². The summed E-state index contributed by atoms with van der Waals surface area (Å²) < 4.78 is 23.4. The topological polar surface area (TPSA) is 63.2 Å². The fourth-order valence-corrected chi connectivity index (χ4v) is 4.09. The fourth-order valence-electron chi connectivity index (χ4n) is 2.79. The molecule has 3 rings (SSSR count). The van der Waals surface area contributed by atoms with Gasteiger partial charge in [0.25, 0.3) is 5.91 Å². The largest absolute Gasteiger partial charge is 0.351 e. The molecule has 1 aliphatic rings. The van der Waals surface area contributed by atoms with E-state index in [4.69, 9.17) is 11.6 Å². The molecule has 0 aromatic heterocycles. The Morgan fingerprint density at radius 1 is 1.17 bits per heavy atom. The second-order valence-corrected chi connectivity index (χ2v) is 8.64. The Labute approximate surface area is 146 Å². The maximum absolute atomic E-state index is 12.4. The van der Waals surface area contributed by atoms with Gasteiger partial charge < -0.3 is 5.32 Å². The van der Waals surface area contributed by atoms with Crippen molar-refractivity contribution in [1.82, 2.24) is 5.32 Å². The molecule has 2 aromatic carbocycles. The van der Waals surface area contributed by atoms with Gasteiger partial charge in [0.15, 0.2) is 9.84 Å². The van der Waals surface area contributed by atoms with Crippen LogP contribution in [0.4, 0.5) is 0 Å². The summed E-state index contributed by atoms with van der Waals surface area (Å²) in [7, 11) is -3.48. The van der Waals surface area contributed by atoms with Crippen LogP contribution in [0.5, 0.6) is 0 Å². The summed E-state index contributed by atoms with van der Waals surface area (Å²) in [6, 6.07) is 14.4. The van der Waals surface area contributed by atoms with E-state index in [1.54, 1.807) is 0 Å². The van der Waals surface area contributed by atoms with Crippen LogP contribution in [-0.2, 0) is 15.3 Å². The van der Waals surface area contributed by atoms with E-state index in [1.165, 1.54) is 23.8 Å². The summed E-state index contributed by atoms with van der Waals surface area (Å²) >= 11 is 5.91. The Kier molecular flexibility index (Phi) is 4.40. The lowest BCUT2D eigenvalue weighted by atomic mass is 9.96. The molecule has 2 aromatic rings. The first-order valence-corrected chi connectivity index (χ1v) is 9.92. The highest BCUT2D eigenvalue weighted by Crippen LogP contribution is 2.47. The van der Waals surface area contributed by atoms with Gasteiger partial charge in [-0.1, -0.05) is 41.9 Å². The average Bonchev–Trinajstić information content (AvgIpc) is 3.34. The molecule has 0 unspecified atom stereocenters. The molecular formula is C18H18ClNO3S. The van der Waals surface area contributed by atoms with Gasteiger partial charge in [-0.2, -0.15) is 0 Å². The van der Waals surface area contributed by atoms with Crippen LogP contribution in [-0.4, -0.2) is 27.1 Å². The molecule has 1 N–H and O–H groups in total. The van der Waals surface area contributed by atoms with E-state index in [9.17, 15) is 13.2 Å². The number of nitrogens with one attached hydrogen (secondary N) is 1. The van der Waals surface area contributed by atoms with E-state index >= 15 is 0 Å². The molecule has 24 heavy (non-hydrogen) atoms. The zero-order valence-electron chi connectivity index (χ0n) is 13.3. The van der Waals surface area contributed by atoms with Crippen molar-refractivity contribution in [2.75, 3.05) is 12.8 Å². The lowest BCUT2D eigenvalue weighted by molar-refractivity contribution is 0.0949. The molecule has 1 saturated carbocycles. The van der Waals surface area contributed by atoms with Crippen LogP contribution in [0, 0.1) is 0 Å². The Morgan fingerprint density at radius 2 is 1.83 bits per heavy atom. The van der Waals surface area contributed by atoms with E-state index in [-0.39, 0.29) is 21.2 Å². The fraction of sp³-hybridized carbons (Fsp3) is 0.278. The van der Waals surface area contributed by atoms with Crippen LogP contribution in [0.25, 0.3) is 0 Å². The Bertz CT molecular complexity index is 874. The lowest BCUT2D eigenvalue weighted by Gasteiger charge is -2.17. The molecule has 6 heteroatoms. The summed E-state index contributed by atoms with van der Waals surface area (Å²) in [6.45, 7) is 0.534. The highest BCUT2D eigenvalue weighted by molar-refractivity contribution is 7.90. The van der Waals surface area contributed by atoms with E-state index in [1.807, 2.05) is 18.2 Å². The molecule has 0 saturated heterocycles. The van der Waals surface area contributed by atoms with E-state index in [0.29, 0.717) is 12.1 Å². The number of sulfone groups is 1.